The summed E-state index contributed by atoms with van der Waals surface area (Å²) in [7, 11) is 0. The average molecular weight is 358 g/mol. The molecule has 1 aromatic carbocycles. The first-order chi connectivity index (χ1) is 10.9. The molecule has 0 bridgehead atoms. The summed E-state index contributed by atoms with van der Waals surface area (Å²) in [6.07, 6.45) is -0.191. The van der Waals surface area contributed by atoms with Crippen molar-refractivity contribution in [3.05, 3.63) is 34.4 Å². The number of nitro groups is 1. The summed E-state index contributed by atoms with van der Waals surface area (Å²) in [6.45, 7) is 1.69. The summed E-state index contributed by atoms with van der Waals surface area (Å²) in [5, 5.41) is 11.1. The number of hydrogen-bond acceptors (Lipinski definition) is 6. The van der Waals surface area contributed by atoms with Crippen LogP contribution in [0.4, 0.5) is 11.4 Å². The van der Waals surface area contributed by atoms with Crippen LogP contribution >= 0.6 is 12.4 Å². The van der Waals surface area contributed by atoms with Crippen LogP contribution in [0.5, 0.6) is 0 Å². The van der Waals surface area contributed by atoms with E-state index in [-0.39, 0.29) is 30.4 Å². The van der Waals surface area contributed by atoms with E-state index in [2.05, 4.69) is 0 Å². The van der Waals surface area contributed by atoms with Crippen LogP contribution in [-0.2, 0) is 9.59 Å². The summed E-state index contributed by atoms with van der Waals surface area (Å²) in [5.41, 5.74) is 11.3. The molecule has 1 aliphatic heterocycles. The molecule has 1 unspecified atom stereocenters. The number of anilines is 1. The van der Waals surface area contributed by atoms with E-state index in [1.165, 1.54) is 6.07 Å². The van der Waals surface area contributed by atoms with Crippen molar-refractivity contribution in [1.29, 1.82) is 0 Å². The quantitative estimate of drug-likeness (QED) is 0.556. The van der Waals surface area contributed by atoms with E-state index in [4.69, 9.17) is 11.5 Å². The first-order valence-electron chi connectivity index (χ1n) is 7.21. The number of nitrogens with zero attached hydrogens (tertiary/aromatic N) is 3. The minimum Gasteiger partial charge on any atom is -0.370 e. The summed E-state index contributed by atoms with van der Waals surface area (Å²) >= 11 is 0. The monoisotopic (exact) mass is 357 g/mol. The molecule has 24 heavy (non-hydrogen) atoms. The number of para-hydroxylation sites is 2. The van der Waals surface area contributed by atoms with E-state index < -0.39 is 16.9 Å². The minimum atomic E-state index is -0.940. The van der Waals surface area contributed by atoms with Crippen molar-refractivity contribution < 1.29 is 14.5 Å². The van der Waals surface area contributed by atoms with Gasteiger partial charge in [-0.1, -0.05) is 12.1 Å². The van der Waals surface area contributed by atoms with Gasteiger partial charge in [0.25, 0.3) is 5.69 Å². The molecule has 10 heteroatoms. The molecule has 1 aliphatic rings. The second-order valence-corrected chi connectivity index (χ2v) is 5.34. The van der Waals surface area contributed by atoms with Gasteiger partial charge in [0.2, 0.25) is 11.8 Å². The molecular formula is C14H20ClN5O4. The molecule has 1 heterocycles. The standard InChI is InChI=1S/C14H19N5O4.ClH/c15-10(9-13(16)20)14(21)18-7-5-17(6-8-18)11-3-1-2-4-12(11)19(22)23;/h1-4,10H,5-9,15H2,(H2,16,20);1H. The summed E-state index contributed by atoms with van der Waals surface area (Å²) < 4.78 is 0. The van der Waals surface area contributed by atoms with Gasteiger partial charge in [0.1, 0.15) is 5.69 Å². The van der Waals surface area contributed by atoms with Crippen LogP contribution < -0.4 is 16.4 Å². The lowest BCUT2D eigenvalue weighted by molar-refractivity contribution is -0.384. The lowest BCUT2D eigenvalue weighted by atomic mass is 10.1. The molecule has 0 aromatic heterocycles. The molecule has 0 saturated carbocycles. The molecule has 0 aliphatic carbocycles. The third-order valence-corrected chi connectivity index (χ3v) is 3.75. The first-order valence-corrected chi connectivity index (χ1v) is 7.21. The fraction of sp³-hybridized carbons (Fsp3) is 0.429. The maximum atomic E-state index is 12.1. The summed E-state index contributed by atoms with van der Waals surface area (Å²) in [5.74, 6) is -0.949. The molecule has 2 rings (SSSR count). The zero-order valence-corrected chi connectivity index (χ0v) is 13.8. The van der Waals surface area contributed by atoms with Crippen LogP contribution in [0.3, 0.4) is 0 Å². The Hall–Kier alpha value is -2.39. The largest absolute Gasteiger partial charge is 0.370 e. The van der Waals surface area contributed by atoms with Gasteiger partial charge in [0, 0.05) is 32.2 Å². The maximum absolute atomic E-state index is 12.1. The molecule has 9 nitrogen and oxygen atoms in total. The Morgan fingerprint density at radius 1 is 1.21 bits per heavy atom. The third kappa shape index (κ3) is 4.56. The molecule has 1 saturated heterocycles. The lowest BCUT2D eigenvalue weighted by Gasteiger charge is -2.36. The lowest BCUT2D eigenvalue weighted by Crippen LogP contribution is -2.53. The number of benzene rings is 1. The van der Waals surface area contributed by atoms with E-state index in [0.717, 1.165) is 0 Å². The Labute approximate surface area is 145 Å². The van der Waals surface area contributed by atoms with E-state index in [1.807, 2.05) is 4.90 Å². The van der Waals surface area contributed by atoms with E-state index in [0.29, 0.717) is 31.9 Å². The molecule has 4 N–H and O–H groups in total. The number of nitro benzene ring substituents is 1. The highest BCUT2D eigenvalue weighted by molar-refractivity contribution is 5.87. The van der Waals surface area contributed by atoms with Gasteiger partial charge in [-0.3, -0.25) is 19.7 Å². The zero-order valence-electron chi connectivity index (χ0n) is 13.0. The third-order valence-electron chi connectivity index (χ3n) is 3.75. The van der Waals surface area contributed by atoms with Gasteiger partial charge in [-0.2, -0.15) is 0 Å². The Balaban J connectivity index is 0.00000288. The van der Waals surface area contributed by atoms with E-state index >= 15 is 0 Å². The van der Waals surface area contributed by atoms with Crippen molar-refractivity contribution in [2.45, 2.75) is 12.5 Å². The number of carbonyl (C=O) groups excluding carboxylic acids is 2. The minimum absolute atomic E-state index is 0. The van der Waals surface area contributed by atoms with Gasteiger partial charge in [0.05, 0.1) is 17.4 Å². The Kier molecular flexibility index (Phi) is 6.93. The highest BCUT2D eigenvalue weighted by atomic mass is 35.5. The van der Waals surface area contributed by atoms with E-state index in [9.17, 15) is 19.7 Å². The predicted molar refractivity (Wildman–Crippen MR) is 90.9 cm³/mol. The summed E-state index contributed by atoms with van der Waals surface area (Å²) in [6, 6.07) is 5.56. The number of carbonyl (C=O) groups is 2. The number of amides is 2. The Morgan fingerprint density at radius 2 is 1.79 bits per heavy atom. The predicted octanol–water partition coefficient (Wildman–Crippen LogP) is -0.132. The zero-order chi connectivity index (χ0) is 17.0. The molecule has 132 valence electrons. The van der Waals surface area contributed by atoms with Crippen molar-refractivity contribution in [2.75, 3.05) is 31.1 Å². The number of nitrogens with two attached hydrogens (primary N) is 2. The second-order valence-electron chi connectivity index (χ2n) is 5.34. The number of rotatable bonds is 5. The normalized spacial score (nSPS) is 15.4. The smallest absolute Gasteiger partial charge is 0.292 e. The van der Waals surface area contributed by atoms with Crippen LogP contribution in [-0.4, -0.2) is 53.9 Å². The molecule has 0 radical (unpaired) electrons. The fourth-order valence-electron chi connectivity index (χ4n) is 2.59. The number of hydrogen-bond donors (Lipinski definition) is 2. The fourth-order valence-corrected chi connectivity index (χ4v) is 2.59. The topological polar surface area (TPSA) is 136 Å². The number of halogens is 1. The Bertz CT molecular complexity index is 619. The SMILES string of the molecule is Cl.NC(=O)CC(N)C(=O)N1CCN(c2ccccc2[N+](=O)[O-])CC1. The molecule has 1 atom stereocenters. The maximum Gasteiger partial charge on any atom is 0.292 e. The highest BCUT2D eigenvalue weighted by Crippen LogP contribution is 2.28. The van der Waals surface area contributed by atoms with Gasteiger partial charge in [0.15, 0.2) is 0 Å². The first kappa shape index (κ1) is 19.7. The van der Waals surface area contributed by atoms with Crippen molar-refractivity contribution >= 4 is 35.6 Å². The van der Waals surface area contributed by atoms with Gasteiger partial charge in [-0.05, 0) is 6.07 Å². The molecular weight excluding hydrogens is 338 g/mol. The summed E-state index contributed by atoms with van der Waals surface area (Å²) in [4.78, 5) is 37.0. The van der Waals surface area contributed by atoms with Crippen LogP contribution in [0.2, 0.25) is 0 Å². The number of piperazine rings is 1. The second kappa shape index (κ2) is 8.46. The van der Waals surface area contributed by atoms with Crippen LogP contribution in [0.25, 0.3) is 0 Å². The average Bonchev–Trinajstić information content (AvgIpc) is 2.53. The van der Waals surface area contributed by atoms with Crippen LogP contribution in [0, 0.1) is 10.1 Å². The molecule has 1 fully saturated rings. The van der Waals surface area contributed by atoms with Crippen molar-refractivity contribution in [3.63, 3.8) is 0 Å². The number of primary amides is 1. The van der Waals surface area contributed by atoms with Crippen LogP contribution in [0.15, 0.2) is 24.3 Å². The van der Waals surface area contributed by atoms with Gasteiger partial charge in [-0.25, -0.2) is 0 Å². The van der Waals surface area contributed by atoms with Gasteiger partial charge >= 0.3 is 0 Å². The van der Waals surface area contributed by atoms with Crippen molar-refractivity contribution in [3.8, 4) is 0 Å². The van der Waals surface area contributed by atoms with Crippen molar-refractivity contribution in [2.24, 2.45) is 11.5 Å². The molecule has 2 amide bonds. The van der Waals surface area contributed by atoms with Crippen LogP contribution in [0.1, 0.15) is 6.42 Å². The molecule has 1 aromatic rings. The van der Waals surface area contributed by atoms with E-state index in [1.54, 1.807) is 23.1 Å². The van der Waals surface area contributed by atoms with Gasteiger partial charge < -0.3 is 21.3 Å². The highest BCUT2D eigenvalue weighted by Gasteiger charge is 2.28. The van der Waals surface area contributed by atoms with Gasteiger partial charge in [-0.15, -0.1) is 12.4 Å². The molecule has 0 spiro atoms. The Morgan fingerprint density at radius 3 is 2.33 bits per heavy atom. The van der Waals surface area contributed by atoms with Crippen molar-refractivity contribution in [1.82, 2.24) is 4.90 Å².